The van der Waals surface area contributed by atoms with Crippen molar-refractivity contribution in [1.29, 1.82) is 0 Å². The van der Waals surface area contributed by atoms with E-state index < -0.39 is 11.9 Å². The number of ether oxygens (including phenoxy) is 1. The zero-order valence-electron chi connectivity index (χ0n) is 18.3. The highest BCUT2D eigenvalue weighted by Gasteiger charge is 2.48. The number of benzene rings is 2. The van der Waals surface area contributed by atoms with Gasteiger partial charge in [0.1, 0.15) is 12.7 Å². The molecule has 0 radical (unpaired) electrons. The van der Waals surface area contributed by atoms with E-state index in [0.717, 1.165) is 12.0 Å². The molecule has 3 amide bonds. The van der Waals surface area contributed by atoms with Gasteiger partial charge in [-0.15, -0.1) is 0 Å². The molecule has 3 aliphatic heterocycles. The number of nitrogens with one attached hydrogen (secondary N) is 3. The Morgan fingerprint density at radius 2 is 1.88 bits per heavy atom. The number of esters is 1. The fourth-order valence-electron chi connectivity index (χ4n) is 4.46. The standard InChI is InChI=1S/C23H23ClN6O4/c1-34-22(32)16-4-2-3-5-17(16)25-20(31)13-30-23(33)28-10-11-29-19(21(28)27-30)12-18(26-29)14-6-8-15(24)9-7-14/h2-11,18-19,21,26-27H,12-13H2,1H3,(H,25,31). The number of methoxy groups -OCH3 is 1. The highest BCUT2D eigenvalue weighted by molar-refractivity contribution is 6.30. The van der Waals surface area contributed by atoms with Crippen molar-refractivity contribution in [1.82, 2.24) is 25.8 Å². The first kappa shape index (κ1) is 22.2. The number of urea groups is 1. The van der Waals surface area contributed by atoms with E-state index in [2.05, 4.69) is 16.2 Å². The molecule has 0 aliphatic carbocycles. The molecule has 2 saturated heterocycles. The summed E-state index contributed by atoms with van der Waals surface area (Å²) < 4.78 is 4.76. The minimum absolute atomic E-state index is 0.0391. The summed E-state index contributed by atoms with van der Waals surface area (Å²) in [5.74, 6) is -1.00. The lowest BCUT2D eigenvalue weighted by Gasteiger charge is -2.34. The van der Waals surface area contributed by atoms with E-state index in [9.17, 15) is 14.4 Å². The van der Waals surface area contributed by atoms with Crippen molar-refractivity contribution in [3.63, 3.8) is 0 Å². The van der Waals surface area contributed by atoms with Crippen LogP contribution >= 0.6 is 11.6 Å². The summed E-state index contributed by atoms with van der Waals surface area (Å²) in [6.07, 6.45) is 3.93. The van der Waals surface area contributed by atoms with Gasteiger partial charge in [-0.05, 0) is 36.2 Å². The number of amides is 3. The first-order valence-corrected chi connectivity index (χ1v) is 11.1. The Balaban J connectivity index is 1.25. The number of hydrazine groups is 2. The molecule has 0 bridgehead atoms. The van der Waals surface area contributed by atoms with Crippen molar-refractivity contribution in [2.75, 3.05) is 19.0 Å². The predicted octanol–water partition coefficient (Wildman–Crippen LogP) is 2.44. The molecule has 0 aromatic heterocycles. The molecule has 176 valence electrons. The van der Waals surface area contributed by atoms with Crippen LogP contribution in [-0.2, 0) is 9.53 Å². The van der Waals surface area contributed by atoms with E-state index in [1.54, 1.807) is 35.4 Å². The second kappa shape index (κ2) is 8.98. The Morgan fingerprint density at radius 3 is 2.65 bits per heavy atom. The lowest BCUT2D eigenvalue weighted by Crippen LogP contribution is -2.54. The third-order valence-electron chi connectivity index (χ3n) is 6.11. The Kier molecular flexibility index (Phi) is 5.86. The zero-order valence-corrected chi connectivity index (χ0v) is 19.0. The van der Waals surface area contributed by atoms with Gasteiger partial charge in [0, 0.05) is 17.4 Å². The Labute approximate surface area is 201 Å². The zero-order chi connectivity index (χ0) is 23.8. The molecule has 11 heteroatoms. The van der Waals surface area contributed by atoms with E-state index in [-0.39, 0.29) is 36.4 Å². The summed E-state index contributed by atoms with van der Waals surface area (Å²) in [7, 11) is 1.27. The molecular formula is C23H23ClN6O4. The maximum Gasteiger partial charge on any atom is 0.340 e. The van der Waals surface area contributed by atoms with Crippen LogP contribution in [0.5, 0.6) is 0 Å². The van der Waals surface area contributed by atoms with Crippen molar-refractivity contribution in [3.05, 3.63) is 77.1 Å². The summed E-state index contributed by atoms with van der Waals surface area (Å²) in [6.45, 7) is -0.226. The van der Waals surface area contributed by atoms with E-state index in [1.807, 2.05) is 35.5 Å². The Hall–Kier alpha value is -3.60. The summed E-state index contributed by atoms with van der Waals surface area (Å²) in [6, 6.07) is 13.9. The second-order valence-electron chi connectivity index (χ2n) is 8.18. The Bertz CT molecular complexity index is 1160. The van der Waals surface area contributed by atoms with Crippen molar-refractivity contribution in [2.24, 2.45) is 0 Å². The summed E-state index contributed by atoms with van der Waals surface area (Å²) in [4.78, 5) is 39.2. The summed E-state index contributed by atoms with van der Waals surface area (Å²) in [5.41, 5.74) is 8.27. The van der Waals surface area contributed by atoms with Crippen LogP contribution in [0.2, 0.25) is 5.02 Å². The van der Waals surface area contributed by atoms with Crippen molar-refractivity contribution in [3.8, 4) is 0 Å². The van der Waals surface area contributed by atoms with Gasteiger partial charge >= 0.3 is 12.0 Å². The molecule has 0 saturated carbocycles. The lowest BCUT2D eigenvalue weighted by atomic mass is 10.00. The topological polar surface area (TPSA) is 106 Å². The monoisotopic (exact) mass is 482 g/mol. The van der Waals surface area contributed by atoms with Crippen molar-refractivity contribution < 1.29 is 19.1 Å². The second-order valence-corrected chi connectivity index (χ2v) is 8.61. The van der Waals surface area contributed by atoms with Crippen LogP contribution in [0.25, 0.3) is 0 Å². The van der Waals surface area contributed by atoms with Crippen LogP contribution < -0.4 is 16.2 Å². The first-order valence-electron chi connectivity index (χ1n) is 10.8. The maximum absolute atomic E-state index is 13.0. The highest BCUT2D eigenvalue weighted by atomic mass is 35.5. The number of fused-ring (bicyclic) bond motifs is 3. The molecule has 10 nitrogen and oxygen atoms in total. The number of rotatable bonds is 5. The molecule has 3 N–H and O–H groups in total. The molecule has 3 aliphatic rings. The number of nitrogens with zero attached hydrogens (tertiary/aromatic N) is 3. The van der Waals surface area contributed by atoms with E-state index in [0.29, 0.717) is 10.7 Å². The van der Waals surface area contributed by atoms with Gasteiger partial charge in [0.05, 0.1) is 30.4 Å². The van der Waals surface area contributed by atoms with E-state index in [4.69, 9.17) is 16.3 Å². The van der Waals surface area contributed by atoms with Gasteiger partial charge in [0.25, 0.3) is 0 Å². The van der Waals surface area contributed by atoms with E-state index in [1.165, 1.54) is 12.1 Å². The van der Waals surface area contributed by atoms with Gasteiger partial charge < -0.3 is 15.1 Å². The number of halogens is 1. The third kappa shape index (κ3) is 4.07. The Morgan fingerprint density at radius 1 is 1.12 bits per heavy atom. The average Bonchev–Trinajstić information content (AvgIpc) is 3.41. The van der Waals surface area contributed by atoms with Crippen LogP contribution in [0.1, 0.15) is 28.4 Å². The predicted molar refractivity (Wildman–Crippen MR) is 124 cm³/mol. The molecule has 3 atom stereocenters. The maximum atomic E-state index is 13.0. The normalized spacial score (nSPS) is 23.1. The van der Waals surface area contributed by atoms with Crippen LogP contribution in [0, 0.1) is 0 Å². The van der Waals surface area contributed by atoms with Gasteiger partial charge in [0.2, 0.25) is 5.91 Å². The van der Waals surface area contributed by atoms with Gasteiger partial charge in [-0.3, -0.25) is 9.69 Å². The molecule has 34 heavy (non-hydrogen) atoms. The summed E-state index contributed by atoms with van der Waals surface area (Å²) >= 11 is 6.01. The largest absolute Gasteiger partial charge is 0.465 e. The molecule has 2 aromatic carbocycles. The minimum atomic E-state index is -0.558. The van der Waals surface area contributed by atoms with Crippen molar-refractivity contribution >= 4 is 35.2 Å². The first-order chi connectivity index (χ1) is 16.4. The van der Waals surface area contributed by atoms with Crippen LogP contribution in [0.15, 0.2) is 60.9 Å². The lowest BCUT2D eigenvalue weighted by molar-refractivity contribution is -0.117. The van der Waals surface area contributed by atoms with Gasteiger partial charge in [-0.2, -0.15) is 0 Å². The van der Waals surface area contributed by atoms with Crippen LogP contribution in [0.3, 0.4) is 0 Å². The number of carbonyl (C=O) groups excluding carboxylic acids is 3. The van der Waals surface area contributed by atoms with Crippen LogP contribution in [0.4, 0.5) is 10.5 Å². The number of hydrogen-bond acceptors (Lipinski definition) is 7. The number of carbonyl (C=O) groups is 3. The number of anilines is 1. The number of para-hydroxylation sites is 1. The van der Waals surface area contributed by atoms with Crippen molar-refractivity contribution in [2.45, 2.75) is 24.7 Å². The molecule has 3 unspecified atom stereocenters. The summed E-state index contributed by atoms with van der Waals surface area (Å²) in [5, 5.41) is 6.63. The smallest absolute Gasteiger partial charge is 0.340 e. The highest BCUT2D eigenvalue weighted by Crippen LogP contribution is 2.34. The molecule has 0 spiro atoms. The van der Waals surface area contributed by atoms with E-state index >= 15 is 0 Å². The molecular weight excluding hydrogens is 460 g/mol. The quantitative estimate of drug-likeness (QED) is 0.562. The number of hydrogen-bond donors (Lipinski definition) is 3. The van der Waals surface area contributed by atoms with Crippen LogP contribution in [-0.4, -0.2) is 58.7 Å². The third-order valence-corrected chi connectivity index (χ3v) is 6.36. The molecule has 2 aromatic rings. The average molecular weight is 483 g/mol. The van der Waals surface area contributed by atoms with Gasteiger partial charge in [-0.1, -0.05) is 35.9 Å². The SMILES string of the molecule is COC(=O)c1ccccc1NC(=O)CN1NC2C3CC(c4ccc(Cl)cc4)NN3C=CN2C1=O. The molecule has 5 rings (SSSR count). The molecule has 2 fully saturated rings. The van der Waals surface area contributed by atoms with Gasteiger partial charge in [0.15, 0.2) is 0 Å². The fourth-order valence-corrected chi connectivity index (χ4v) is 4.58. The minimum Gasteiger partial charge on any atom is -0.465 e. The molecule has 3 heterocycles. The van der Waals surface area contributed by atoms with Gasteiger partial charge in [-0.25, -0.2) is 25.4 Å². The fraction of sp³-hybridized carbons (Fsp3) is 0.261.